The summed E-state index contributed by atoms with van der Waals surface area (Å²) < 4.78 is 2.00. The Morgan fingerprint density at radius 1 is 1.03 bits per heavy atom. The fraction of sp³-hybridized carbons (Fsp3) is 0.682. The molecular formula is C22H32N6O. The number of carbonyl (C=O) groups is 1. The highest BCUT2D eigenvalue weighted by Crippen LogP contribution is 2.31. The molecule has 0 radical (unpaired) electrons. The van der Waals surface area contributed by atoms with Crippen LogP contribution in [0.2, 0.25) is 0 Å². The summed E-state index contributed by atoms with van der Waals surface area (Å²) in [6, 6.07) is 1.99. The van der Waals surface area contributed by atoms with Gasteiger partial charge in [-0.3, -0.25) is 4.79 Å². The van der Waals surface area contributed by atoms with E-state index < -0.39 is 0 Å². The Hall–Kier alpha value is -2.15. The second-order valence-electron chi connectivity index (χ2n) is 8.74. The lowest BCUT2D eigenvalue weighted by Crippen LogP contribution is -2.46. The first-order valence-electron chi connectivity index (χ1n) is 11.4. The number of likely N-dealkylation sites (tertiary alicyclic amines) is 1. The van der Waals surface area contributed by atoms with E-state index in [-0.39, 0.29) is 5.92 Å². The molecule has 2 saturated heterocycles. The summed E-state index contributed by atoms with van der Waals surface area (Å²) in [5.41, 5.74) is 3.43. The third-order valence-electron chi connectivity index (χ3n) is 6.77. The molecule has 2 aromatic rings. The van der Waals surface area contributed by atoms with Gasteiger partial charge in [-0.25, -0.2) is 4.98 Å². The number of fused-ring (bicyclic) bond motifs is 2. The van der Waals surface area contributed by atoms with Gasteiger partial charge >= 0.3 is 0 Å². The first-order chi connectivity index (χ1) is 14.3. The van der Waals surface area contributed by atoms with Crippen molar-refractivity contribution in [2.45, 2.75) is 51.4 Å². The molecule has 3 aliphatic heterocycles. The van der Waals surface area contributed by atoms with Crippen molar-refractivity contribution in [1.82, 2.24) is 24.8 Å². The summed E-state index contributed by atoms with van der Waals surface area (Å²) >= 11 is 0. The number of nitrogens with zero attached hydrogens (tertiary/aromatic N) is 5. The Morgan fingerprint density at radius 2 is 1.86 bits per heavy atom. The molecule has 5 rings (SSSR count). The van der Waals surface area contributed by atoms with Gasteiger partial charge in [0.05, 0.1) is 17.8 Å². The molecule has 7 nitrogen and oxygen atoms in total. The number of piperidine rings is 1. The molecule has 156 valence electrons. The third-order valence-corrected chi connectivity index (χ3v) is 6.77. The molecule has 1 amide bonds. The van der Waals surface area contributed by atoms with Crippen LogP contribution < -0.4 is 10.2 Å². The molecule has 0 bridgehead atoms. The Kier molecular flexibility index (Phi) is 5.40. The summed E-state index contributed by atoms with van der Waals surface area (Å²) in [5, 5.41) is 8.10. The van der Waals surface area contributed by atoms with Gasteiger partial charge in [0.2, 0.25) is 5.91 Å². The van der Waals surface area contributed by atoms with Gasteiger partial charge < -0.3 is 15.1 Å². The highest BCUT2D eigenvalue weighted by molar-refractivity contribution is 5.80. The van der Waals surface area contributed by atoms with Crippen molar-refractivity contribution in [2.24, 2.45) is 5.92 Å². The number of amides is 1. The van der Waals surface area contributed by atoms with E-state index in [0.717, 1.165) is 83.4 Å². The van der Waals surface area contributed by atoms with Gasteiger partial charge in [0.1, 0.15) is 5.82 Å². The van der Waals surface area contributed by atoms with Crippen molar-refractivity contribution in [2.75, 3.05) is 44.2 Å². The second-order valence-corrected chi connectivity index (χ2v) is 8.74. The normalized spacial score (nSPS) is 23.5. The summed E-state index contributed by atoms with van der Waals surface area (Å²) in [4.78, 5) is 22.7. The van der Waals surface area contributed by atoms with Crippen LogP contribution in [0.3, 0.4) is 0 Å². The van der Waals surface area contributed by atoms with Crippen LogP contribution in [0.25, 0.3) is 5.65 Å². The van der Waals surface area contributed by atoms with E-state index in [0.29, 0.717) is 5.91 Å². The molecule has 7 heteroatoms. The molecule has 0 aliphatic carbocycles. The molecule has 0 aromatic carbocycles. The van der Waals surface area contributed by atoms with E-state index in [9.17, 15) is 4.79 Å². The Balaban J connectivity index is 1.44. The molecular weight excluding hydrogens is 364 g/mol. The van der Waals surface area contributed by atoms with Gasteiger partial charge in [0, 0.05) is 50.8 Å². The highest BCUT2D eigenvalue weighted by Gasteiger charge is 2.32. The molecule has 3 aliphatic rings. The van der Waals surface area contributed by atoms with Gasteiger partial charge in [0.25, 0.3) is 0 Å². The van der Waals surface area contributed by atoms with Crippen LogP contribution >= 0.6 is 0 Å². The topological polar surface area (TPSA) is 65.8 Å². The predicted molar refractivity (Wildman–Crippen MR) is 113 cm³/mol. The Labute approximate surface area is 172 Å². The fourth-order valence-corrected chi connectivity index (χ4v) is 5.26. The molecule has 2 fully saturated rings. The fourth-order valence-electron chi connectivity index (χ4n) is 5.26. The summed E-state index contributed by atoms with van der Waals surface area (Å²) in [7, 11) is 0. The number of carbonyl (C=O) groups excluding carboxylic acids is 1. The summed E-state index contributed by atoms with van der Waals surface area (Å²) in [6.45, 7) is 5.61. The smallest absolute Gasteiger partial charge is 0.227 e. The number of nitrogens with one attached hydrogen (secondary N) is 1. The van der Waals surface area contributed by atoms with E-state index in [1.54, 1.807) is 0 Å². The van der Waals surface area contributed by atoms with Crippen LogP contribution in [0.1, 0.15) is 49.8 Å². The maximum Gasteiger partial charge on any atom is 0.227 e. The number of aromatic nitrogens is 3. The van der Waals surface area contributed by atoms with Gasteiger partial charge in [-0.1, -0.05) is 12.8 Å². The van der Waals surface area contributed by atoms with Crippen molar-refractivity contribution in [1.29, 1.82) is 0 Å². The van der Waals surface area contributed by atoms with Crippen molar-refractivity contribution < 1.29 is 4.79 Å². The molecule has 1 N–H and O–H groups in total. The van der Waals surface area contributed by atoms with E-state index in [2.05, 4.69) is 20.2 Å². The molecule has 0 saturated carbocycles. The van der Waals surface area contributed by atoms with E-state index in [1.165, 1.54) is 29.9 Å². The zero-order valence-electron chi connectivity index (χ0n) is 17.3. The quantitative estimate of drug-likeness (QED) is 0.842. The largest absolute Gasteiger partial charge is 0.355 e. The second kappa shape index (κ2) is 8.30. The minimum Gasteiger partial charge on any atom is -0.355 e. The Morgan fingerprint density at radius 3 is 2.72 bits per heavy atom. The molecule has 1 atom stereocenters. The van der Waals surface area contributed by atoms with E-state index in [4.69, 9.17) is 4.98 Å². The number of anilines is 1. The van der Waals surface area contributed by atoms with Gasteiger partial charge in [-0.15, -0.1) is 0 Å². The van der Waals surface area contributed by atoms with Crippen LogP contribution in [0.4, 0.5) is 5.82 Å². The summed E-state index contributed by atoms with van der Waals surface area (Å²) in [5.74, 6) is 1.64. The van der Waals surface area contributed by atoms with Crippen LogP contribution in [0, 0.1) is 5.92 Å². The minimum absolute atomic E-state index is 0.0974. The molecule has 29 heavy (non-hydrogen) atoms. The average molecular weight is 397 g/mol. The maximum atomic E-state index is 13.3. The number of rotatable bonds is 2. The molecule has 1 unspecified atom stereocenters. The molecule has 2 aromatic heterocycles. The van der Waals surface area contributed by atoms with Gasteiger partial charge in [0.15, 0.2) is 5.65 Å². The number of hydrogen-bond acceptors (Lipinski definition) is 5. The van der Waals surface area contributed by atoms with Crippen LogP contribution in [-0.2, 0) is 17.6 Å². The van der Waals surface area contributed by atoms with Crippen LogP contribution in [-0.4, -0.2) is 64.7 Å². The lowest BCUT2D eigenvalue weighted by molar-refractivity contribution is -0.135. The van der Waals surface area contributed by atoms with Crippen molar-refractivity contribution in [3.05, 3.63) is 23.5 Å². The standard InChI is InChI=1S/C22H32N6O/c29-22(26-13-3-1-2-4-14-26)17-6-5-15-27(16-17)21-18-7-10-23-11-8-19(18)25-20-9-12-24-28(20)21/h9,12,17,23H,1-8,10-11,13-16H2. The Bertz CT molecular complexity index is 870. The van der Waals surface area contributed by atoms with E-state index in [1.807, 2.05) is 16.8 Å². The lowest BCUT2D eigenvalue weighted by Gasteiger charge is -2.37. The maximum absolute atomic E-state index is 13.3. The van der Waals surface area contributed by atoms with Crippen molar-refractivity contribution in [3.8, 4) is 0 Å². The van der Waals surface area contributed by atoms with Gasteiger partial charge in [-0.05, 0) is 38.6 Å². The van der Waals surface area contributed by atoms with Crippen molar-refractivity contribution >= 4 is 17.4 Å². The zero-order valence-corrected chi connectivity index (χ0v) is 17.3. The SMILES string of the molecule is O=C(C1CCCN(c2c3c(nc4ccnn24)CCNCC3)C1)N1CCCCCC1. The van der Waals surface area contributed by atoms with Crippen LogP contribution in [0.15, 0.2) is 12.3 Å². The van der Waals surface area contributed by atoms with Crippen LogP contribution in [0.5, 0.6) is 0 Å². The highest BCUT2D eigenvalue weighted by atomic mass is 16.2. The van der Waals surface area contributed by atoms with Gasteiger partial charge in [-0.2, -0.15) is 9.61 Å². The first-order valence-corrected chi connectivity index (χ1v) is 11.4. The number of hydrogen-bond donors (Lipinski definition) is 1. The molecule has 5 heterocycles. The summed E-state index contributed by atoms with van der Waals surface area (Å²) in [6.07, 6.45) is 10.6. The van der Waals surface area contributed by atoms with Crippen molar-refractivity contribution in [3.63, 3.8) is 0 Å². The predicted octanol–water partition coefficient (Wildman–Crippen LogP) is 2.04. The zero-order chi connectivity index (χ0) is 19.6. The van der Waals surface area contributed by atoms with E-state index >= 15 is 0 Å². The minimum atomic E-state index is 0.0974. The first kappa shape index (κ1) is 18.9. The average Bonchev–Trinajstić information content (AvgIpc) is 2.94. The third kappa shape index (κ3) is 3.72. The monoisotopic (exact) mass is 396 g/mol. The lowest BCUT2D eigenvalue weighted by atomic mass is 9.95. The molecule has 0 spiro atoms.